The molecular weight excluding hydrogens is 332 g/mol. The number of likely N-dealkylation sites (tertiary alicyclic amines) is 1. The number of hydrogen-bond acceptors (Lipinski definition) is 4. The van der Waals surface area contributed by atoms with Crippen LogP contribution in [0.3, 0.4) is 0 Å². The molecule has 0 radical (unpaired) electrons. The van der Waals surface area contributed by atoms with Crippen LogP contribution in [0.2, 0.25) is 0 Å². The molecule has 2 N–H and O–H groups in total. The minimum absolute atomic E-state index is 0.0200. The Morgan fingerprint density at radius 3 is 2.96 bits per heavy atom. The van der Waals surface area contributed by atoms with Crippen LogP contribution in [0.15, 0.2) is 36.9 Å². The fourth-order valence-electron chi connectivity index (χ4n) is 3.58. The summed E-state index contributed by atoms with van der Waals surface area (Å²) in [6.07, 6.45) is 5.58. The number of rotatable bonds is 4. The third-order valence-corrected chi connectivity index (χ3v) is 5.02. The Labute approximate surface area is 150 Å². The third kappa shape index (κ3) is 2.73. The Kier molecular flexibility index (Phi) is 3.95. The highest BCUT2D eigenvalue weighted by molar-refractivity contribution is 5.97. The molecular formula is C18H20N6O2. The predicted molar refractivity (Wildman–Crippen MR) is 95.3 cm³/mol. The number of carbonyl (C=O) groups is 2. The number of fused-ring (bicyclic) bond motifs is 1. The van der Waals surface area contributed by atoms with Crippen molar-refractivity contribution < 1.29 is 9.59 Å². The average molecular weight is 352 g/mol. The SMILES string of the molecule is CN1C(=O)C[C@@H](CNC(=O)c2ccc3nc[nH]c3c2)[C@@H]1c1nccn1C. The molecule has 134 valence electrons. The number of nitrogens with one attached hydrogen (secondary N) is 2. The van der Waals surface area contributed by atoms with Gasteiger partial charge in [-0.15, -0.1) is 0 Å². The first-order chi connectivity index (χ1) is 12.5. The molecule has 1 fully saturated rings. The van der Waals surface area contributed by atoms with Crippen molar-refractivity contribution in [3.8, 4) is 0 Å². The van der Waals surface area contributed by atoms with Crippen LogP contribution < -0.4 is 5.32 Å². The number of hydrogen-bond donors (Lipinski definition) is 2. The minimum atomic E-state index is -0.165. The fraction of sp³-hybridized carbons (Fsp3) is 0.333. The van der Waals surface area contributed by atoms with E-state index < -0.39 is 0 Å². The Bertz CT molecular complexity index is 975. The van der Waals surface area contributed by atoms with Gasteiger partial charge < -0.3 is 19.8 Å². The van der Waals surface area contributed by atoms with Crippen molar-refractivity contribution in [2.24, 2.45) is 13.0 Å². The number of amides is 2. The summed E-state index contributed by atoms with van der Waals surface area (Å²) in [7, 11) is 3.70. The quantitative estimate of drug-likeness (QED) is 0.738. The van der Waals surface area contributed by atoms with E-state index >= 15 is 0 Å². The molecule has 1 aliphatic rings. The van der Waals surface area contributed by atoms with Gasteiger partial charge in [0.2, 0.25) is 5.91 Å². The number of aromatic nitrogens is 4. The topological polar surface area (TPSA) is 95.9 Å². The minimum Gasteiger partial charge on any atom is -0.352 e. The van der Waals surface area contributed by atoms with Gasteiger partial charge in [0.1, 0.15) is 5.82 Å². The molecule has 2 amide bonds. The van der Waals surface area contributed by atoms with Crippen molar-refractivity contribution in [3.05, 3.63) is 48.3 Å². The van der Waals surface area contributed by atoms with Crippen LogP contribution in [0, 0.1) is 5.92 Å². The highest BCUT2D eigenvalue weighted by Gasteiger charge is 2.40. The molecule has 3 heterocycles. The second kappa shape index (κ2) is 6.29. The average Bonchev–Trinajstić information content (AvgIpc) is 3.33. The van der Waals surface area contributed by atoms with Crippen LogP contribution in [0.5, 0.6) is 0 Å². The lowest BCUT2D eigenvalue weighted by Gasteiger charge is -2.24. The molecule has 2 atom stereocenters. The Balaban J connectivity index is 1.49. The predicted octanol–water partition coefficient (Wildman–Crippen LogP) is 1.25. The first kappa shape index (κ1) is 16.3. The zero-order valence-electron chi connectivity index (χ0n) is 14.6. The Hall–Kier alpha value is -3.16. The van der Waals surface area contributed by atoms with Gasteiger partial charge in [-0.2, -0.15) is 0 Å². The summed E-state index contributed by atoms with van der Waals surface area (Å²) in [6.45, 7) is 0.410. The van der Waals surface area contributed by atoms with E-state index in [-0.39, 0.29) is 23.8 Å². The van der Waals surface area contributed by atoms with E-state index in [0.29, 0.717) is 18.5 Å². The molecule has 0 aliphatic carbocycles. The molecule has 26 heavy (non-hydrogen) atoms. The number of aryl methyl sites for hydroxylation is 1. The lowest BCUT2D eigenvalue weighted by molar-refractivity contribution is -0.127. The molecule has 0 bridgehead atoms. The van der Waals surface area contributed by atoms with Gasteiger partial charge >= 0.3 is 0 Å². The summed E-state index contributed by atoms with van der Waals surface area (Å²) >= 11 is 0. The van der Waals surface area contributed by atoms with Crippen molar-refractivity contribution in [1.82, 2.24) is 29.7 Å². The molecule has 2 aromatic heterocycles. The van der Waals surface area contributed by atoms with Gasteiger partial charge in [-0.05, 0) is 18.2 Å². The fourth-order valence-corrected chi connectivity index (χ4v) is 3.58. The maximum Gasteiger partial charge on any atom is 0.251 e. The van der Waals surface area contributed by atoms with E-state index in [1.807, 2.05) is 23.9 Å². The normalized spacial score (nSPS) is 20.1. The Morgan fingerprint density at radius 1 is 1.35 bits per heavy atom. The molecule has 1 saturated heterocycles. The van der Waals surface area contributed by atoms with Crippen LogP contribution in [-0.4, -0.2) is 49.8 Å². The number of aromatic amines is 1. The van der Waals surface area contributed by atoms with Crippen LogP contribution >= 0.6 is 0 Å². The molecule has 1 aliphatic heterocycles. The standard InChI is InChI=1S/C18H20N6O2/c1-23-6-5-19-17(23)16-12(8-15(25)24(16)2)9-20-18(26)11-3-4-13-14(7-11)22-10-21-13/h3-7,10,12,16H,8-9H2,1-2H3,(H,20,26)(H,21,22)/t12-,16+/m0/s1. The van der Waals surface area contributed by atoms with Crippen molar-refractivity contribution in [3.63, 3.8) is 0 Å². The van der Waals surface area contributed by atoms with Crippen LogP contribution in [0.25, 0.3) is 11.0 Å². The van der Waals surface area contributed by atoms with Gasteiger partial charge in [-0.1, -0.05) is 0 Å². The summed E-state index contributed by atoms with van der Waals surface area (Å²) in [4.78, 5) is 38.0. The molecule has 8 heteroatoms. The largest absolute Gasteiger partial charge is 0.352 e. The highest BCUT2D eigenvalue weighted by atomic mass is 16.2. The summed E-state index contributed by atoms with van der Waals surface area (Å²) < 4.78 is 1.92. The van der Waals surface area contributed by atoms with Crippen molar-refractivity contribution >= 4 is 22.8 Å². The lowest BCUT2D eigenvalue weighted by Crippen LogP contribution is -2.33. The summed E-state index contributed by atoms with van der Waals surface area (Å²) in [6, 6.07) is 5.20. The molecule has 3 aromatic rings. The van der Waals surface area contributed by atoms with Crippen molar-refractivity contribution in [1.29, 1.82) is 0 Å². The van der Waals surface area contributed by atoms with Gasteiger partial charge in [0.15, 0.2) is 0 Å². The first-order valence-electron chi connectivity index (χ1n) is 8.49. The second-order valence-electron chi connectivity index (χ2n) is 6.65. The van der Waals surface area contributed by atoms with Crippen molar-refractivity contribution in [2.75, 3.05) is 13.6 Å². The Morgan fingerprint density at radius 2 is 2.19 bits per heavy atom. The molecule has 0 spiro atoms. The third-order valence-electron chi connectivity index (χ3n) is 5.02. The lowest BCUT2D eigenvalue weighted by atomic mass is 9.99. The molecule has 1 aromatic carbocycles. The molecule has 4 rings (SSSR count). The highest BCUT2D eigenvalue weighted by Crippen LogP contribution is 2.35. The number of H-pyrrole nitrogens is 1. The van der Waals surface area contributed by atoms with E-state index in [0.717, 1.165) is 16.9 Å². The summed E-state index contributed by atoms with van der Waals surface area (Å²) in [5, 5.41) is 2.96. The first-order valence-corrected chi connectivity index (χ1v) is 8.49. The van der Waals surface area contributed by atoms with Gasteiger partial charge in [-0.3, -0.25) is 9.59 Å². The monoisotopic (exact) mass is 352 g/mol. The molecule has 8 nitrogen and oxygen atoms in total. The van der Waals surface area contributed by atoms with Crippen molar-refractivity contribution in [2.45, 2.75) is 12.5 Å². The van der Waals surface area contributed by atoms with E-state index in [2.05, 4.69) is 20.3 Å². The smallest absolute Gasteiger partial charge is 0.251 e. The van der Waals surface area contributed by atoms with Crippen LogP contribution in [0.4, 0.5) is 0 Å². The van der Waals surface area contributed by atoms with Gasteiger partial charge in [0.05, 0.1) is 23.4 Å². The number of benzene rings is 1. The zero-order valence-corrected chi connectivity index (χ0v) is 14.6. The van der Waals surface area contributed by atoms with Gasteiger partial charge in [-0.25, -0.2) is 9.97 Å². The van der Waals surface area contributed by atoms with E-state index in [1.54, 1.807) is 36.6 Å². The number of carbonyl (C=O) groups excluding carboxylic acids is 2. The van der Waals surface area contributed by atoms with Crippen LogP contribution in [-0.2, 0) is 11.8 Å². The zero-order chi connectivity index (χ0) is 18.3. The van der Waals surface area contributed by atoms with Crippen LogP contribution in [0.1, 0.15) is 28.6 Å². The molecule has 0 saturated carbocycles. The van der Waals surface area contributed by atoms with E-state index in [1.165, 1.54) is 0 Å². The van der Waals surface area contributed by atoms with E-state index in [4.69, 9.17) is 0 Å². The number of imidazole rings is 2. The second-order valence-corrected chi connectivity index (χ2v) is 6.65. The maximum atomic E-state index is 12.5. The van der Waals surface area contributed by atoms with Gasteiger partial charge in [0.25, 0.3) is 5.91 Å². The number of nitrogens with zero attached hydrogens (tertiary/aromatic N) is 4. The molecule has 0 unspecified atom stereocenters. The van der Waals surface area contributed by atoms with E-state index in [9.17, 15) is 9.59 Å². The van der Waals surface area contributed by atoms with Gasteiger partial charge in [0, 0.05) is 50.9 Å². The summed E-state index contributed by atoms with van der Waals surface area (Å²) in [5.74, 6) is 0.711. The maximum absolute atomic E-state index is 12.5. The summed E-state index contributed by atoms with van der Waals surface area (Å²) in [5.41, 5.74) is 2.20.